The van der Waals surface area contributed by atoms with E-state index in [1.54, 1.807) is 41.0 Å². The van der Waals surface area contributed by atoms with Gasteiger partial charge in [-0.3, -0.25) is 9.59 Å². The maximum absolute atomic E-state index is 13.1. The maximum atomic E-state index is 13.1. The van der Waals surface area contributed by atoms with Gasteiger partial charge in [0.2, 0.25) is 10.0 Å². The number of carbonyl (C=O) groups is 2. The van der Waals surface area contributed by atoms with E-state index in [-0.39, 0.29) is 41.2 Å². The summed E-state index contributed by atoms with van der Waals surface area (Å²) >= 11 is 0. The molecule has 172 valence electrons. The molecule has 0 atom stereocenters. The van der Waals surface area contributed by atoms with Crippen LogP contribution in [0.25, 0.3) is 0 Å². The second kappa shape index (κ2) is 10.1. The maximum Gasteiger partial charge on any atom is 0.257 e. The molecule has 2 amide bonds. The van der Waals surface area contributed by atoms with Gasteiger partial charge in [-0.25, -0.2) is 13.1 Å². The van der Waals surface area contributed by atoms with Crippen LogP contribution in [0.5, 0.6) is 5.75 Å². The van der Waals surface area contributed by atoms with Crippen LogP contribution in [0.15, 0.2) is 47.4 Å². The molecular formula is C22H27N3O6S. The number of ether oxygens (including phenoxy) is 1. The van der Waals surface area contributed by atoms with Gasteiger partial charge >= 0.3 is 0 Å². The zero-order valence-corrected chi connectivity index (χ0v) is 18.9. The van der Waals surface area contributed by atoms with Crippen LogP contribution < -0.4 is 4.72 Å². The minimum Gasteiger partial charge on any atom is -0.507 e. The quantitative estimate of drug-likeness (QED) is 0.599. The number of nitrogens with zero attached hydrogens (tertiary/aromatic N) is 2. The molecular weight excluding hydrogens is 434 g/mol. The molecule has 0 aromatic heterocycles. The Bertz CT molecular complexity index is 1090. The standard InChI is InChI=1S/C22H27N3O6S/c1-16-7-8-17(32(29,30)23-9-14-31-2)15-19(16)22(28)25-12-10-24(11-13-25)21(27)18-5-3-4-6-20(18)26/h3-8,15,23,26H,9-14H2,1-2H3. The first-order chi connectivity index (χ1) is 15.2. The van der Waals surface area contributed by atoms with Gasteiger partial charge in [0.05, 0.1) is 17.1 Å². The molecule has 1 fully saturated rings. The van der Waals surface area contributed by atoms with Gasteiger partial charge in [0, 0.05) is 45.4 Å². The summed E-state index contributed by atoms with van der Waals surface area (Å²) in [7, 11) is -2.29. The summed E-state index contributed by atoms with van der Waals surface area (Å²) in [5, 5.41) is 9.92. The number of nitrogens with one attached hydrogen (secondary N) is 1. The lowest BCUT2D eigenvalue weighted by Crippen LogP contribution is -2.50. The van der Waals surface area contributed by atoms with Crippen molar-refractivity contribution in [2.75, 3.05) is 46.4 Å². The fourth-order valence-electron chi connectivity index (χ4n) is 3.47. The number of methoxy groups -OCH3 is 1. The topological polar surface area (TPSA) is 116 Å². The minimum atomic E-state index is -3.77. The third kappa shape index (κ3) is 5.26. The molecule has 0 spiro atoms. The molecule has 1 heterocycles. The number of sulfonamides is 1. The zero-order valence-electron chi connectivity index (χ0n) is 18.1. The van der Waals surface area contributed by atoms with Crippen LogP contribution in [0, 0.1) is 6.92 Å². The van der Waals surface area contributed by atoms with Crippen LogP contribution >= 0.6 is 0 Å². The van der Waals surface area contributed by atoms with E-state index >= 15 is 0 Å². The largest absolute Gasteiger partial charge is 0.507 e. The highest BCUT2D eigenvalue weighted by molar-refractivity contribution is 7.89. The Hall–Kier alpha value is -2.95. The van der Waals surface area contributed by atoms with Crippen LogP contribution in [0.3, 0.4) is 0 Å². The van der Waals surface area contributed by atoms with Gasteiger partial charge in [-0.2, -0.15) is 0 Å². The number of carbonyl (C=O) groups excluding carboxylic acids is 2. The van der Waals surface area contributed by atoms with Crippen molar-refractivity contribution >= 4 is 21.8 Å². The molecule has 2 N–H and O–H groups in total. The van der Waals surface area contributed by atoms with E-state index in [2.05, 4.69) is 4.72 Å². The van der Waals surface area contributed by atoms with Gasteiger partial charge < -0.3 is 19.6 Å². The summed E-state index contributed by atoms with van der Waals surface area (Å²) in [6.45, 7) is 3.36. The first-order valence-electron chi connectivity index (χ1n) is 10.2. The second-order valence-electron chi connectivity index (χ2n) is 7.47. The van der Waals surface area contributed by atoms with Crippen molar-refractivity contribution in [2.24, 2.45) is 0 Å². The Balaban J connectivity index is 1.70. The van der Waals surface area contributed by atoms with Crippen LogP contribution in [0.1, 0.15) is 26.3 Å². The fourth-order valence-corrected chi connectivity index (χ4v) is 4.51. The first kappa shape index (κ1) is 23.7. The molecule has 0 unspecified atom stereocenters. The van der Waals surface area contributed by atoms with Crippen molar-refractivity contribution in [3.05, 3.63) is 59.2 Å². The Morgan fingerprint density at radius 3 is 2.19 bits per heavy atom. The van der Waals surface area contributed by atoms with Crippen molar-refractivity contribution in [1.29, 1.82) is 0 Å². The van der Waals surface area contributed by atoms with Gasteiger partial charge in [-0.05, 0) is 36.8 Å². The summed E-state index contributed by atoms with van der Waals surface area (Å²) in [6, 6.07) is 10.8. The monoisotopic (exact) mass is 461 g/mol. The van der Waals surface area contributed by atoms with E-state index in [4.69, 9.17) is 4.74 Å². The molecule has 0 saturated carbocycles. The lowest BCUT2D eigenvalue weighted by atomic mass is 10.1. The van der Waals surface area contributed by atoms with E-state index < -0.39 is 10.0 Å². The molecule has 2 aromatic rings. The van der Waals surface area contributed by atoms with Gasteiger partial charge in [-0.15, -0.1) is 0 Å². The smallest absolute Gasteiger partial charge is 0.257 e. The molecule has 3 rings (SSSR count). The Morgan fingerprint density at radius 2 is 1.59 bits per heavy atom. The molecule has 1 aliphatic rings. The van der Waals surface area contributed by atoms with E-state index in [1.165, 1.54) is 25.3 Å². The average Bonchev–Trinajstić information content (AvgIpc) is 2.79. The number of benzene rings is 2. The number of rotatable bonds is 7. The van der Waals surface area contributed by atoms with Gasteiger partial charge in [0.25, 0.3) is 11.8 Å². The number of hydrogen-bond acceptors (Lipinski definition) is 6. The first-order valence-corrected chi connectivity index (χ1v) is 11.7. The third-order valence-corrected chi connectivity index (χ3v) is 6.80. The van der Waals surface area contributed by atoms with Crippen molar-refractivity contribution in [3.63, 3.8) is 0 Å². The van der Waals surface area contributed by atoms with Gasteiger partial charge in [0.1, 0.15) is 5.75 Å². The molecule has 0 bridgehead atoms. The number of amides is 2. The highest BCUT2D eigenvalue weighted by Gasteiger charge is 2.28. The molecule has 9 nitrogen and oxygen atoms in total. The van der Waals surface area contributed by atoms with Crippen LogP contribution in [-0.2, 0) is 14.8 Å². The van der Waals surface area contributed by atoms with Crippen LogP contribution in [0.4, 0.5) is 0 Å². The highest BCUT2D eigenvalue weighted by Crippen LogP contribution is 2.21. The van der Waals surface area contributed by atoms with Gasteiger partial charge in [-0.1, -0.05) is 18.2 Å². The lowest BCUT2D eigenvalue weighted by molar-refractivity contribution is 0.0533. The summed E-state index contributed by atoms with van der Waals surface area (Å²) in [5.41, 5.74) is 1.20. The van der Waals surface area contributed by atoms with E-state index in [1.807, 2.05) is 0 Å². The van der Waals surface area contributed by atoms with Crippen molar-refractivity contribution in [3.8, 4) is 5.75 Å². The van der Waals surface area contributed by atoms with E-state index in [0.29, 0.717) is 37.3 Å². The van der Waals surface area contributed by atoms with Crippen LogP contribution in [-0.4, -0.2) is 81.6 Å². The minimum absolute atomic E-state index is 0.0101. The van der Waals surface area contributed by atoms with Crippen LogP contribution in [0.2, 0.25) is 0 Å². The number of phenols is 1. The van der Waals surface area contributed by atoms with Crippen molar-refractivity contribution in [2.45, 2.75) is 11.8 Å². The highest BCUT2D eigenvalue weighted by atomic mass is 32.2. The fraction of sp³-hybridized carbons (Fsp3) is 0.364. The van der Waals surface area contributed by atoms with Crippen molar-refractivity contribution in [1.82, 2.24) is 14.5 Å². The number of phenolic OH excluding ortho intramolecular Hbond substituents is 1. The average molecular weight is 462 g/mol. The Labute approximate surface area is 187 Å². The third-order valence-electron chi connectivity index (χ3n) is 5.34. The number of piperazine rings is 1. The predicted molar refractivity (Wildman–Crippen MR) is 118 cm³/mol. The van der Waals surface area contributed by atoms with E-state index in [0.717, 1.165) is 0 Å². The number of hydrogen-bond donors (Lipinski definition) is 2. The number of para-hydroxylation sites is 1. The van der Waals surface area contributed by atoms with Gasteiger partial charge in [0.15, 0.2) is 0 Å². The number of aryl methyl sites for hydroxylation is 1. The summed E-state index contributed by atoms with van der Waals surface area (Å²) in [5.74, 6) is -0.656. The van der Waals surface area contributed by atoms with E-state index in [9.17, 15) is 23.1 Å². The molecule has 1 aliphatic heterocycles. The SMILES string of the molecule is COCCNS(=O)(=O)c1ccc(C)c(C(=O)N2CCN(C(=O)c3ccccc3O)CC2)c1. The molecule has 1 saturated heterocycles. The molecule has 10 heteroatoms. The summed E-state index contributed by atoms with van der Waals surface area (Å²) in [4.78, 5) is 29.0. The van der Waals surface area contributed by atoms with Crippen molar-refractivity contribution < 1.29 is 27.9 Å². The summed E-state index contributed by atoms with van der Waals surface area (Å²) in [6.07, 6.45) is 0. The Morgan fingerprint density at radius 1 is 1.00 bits per heavy atom. The molecule has 32 heavy (non-hydrogen) atoms. The lowest BCUT2D eigenvalue weighted by Gasteiger charge is -2.35. The second-order valence-corrected chi connectivity index (χ2v) is 9.24. The molecule has 0 aliphatic carbocycles. The Kier molecular flexibility index (Phi) is 7.49. The molecule has 0 radical (unpaired) electrons. The zero-order chi connectivity index (χ0) is 23.3. The normalized spacial score (nSPS) is 14.4. The summed E-state index contributed by atoms with van der Waals surface area (Å²) < 4.78 is 32.3. The molecule has 2 aromatic carbocycles. The number of aromatic hydroxyl groups is 1. The predicted octanol–water partition coefficient (Wildman–Crippen LogP) is 1.22.